The highest BCUT2D eigenvalue weighted by molar-refractivity contribution is 6.10. The Morgan fingerprint density at radius 2 is 1.71 bits per heavy atom. The van der Waals surface area contributed by atoms with Gasteiger partial charge in [0.1, 0.15) is 17.4 Å². The Labute approximate surface area is 164 Å². The van der Waals surface area contributed by atoms with Crippen LogP contribution in [0.1, 0.15) is 30.4 Å². The van der Waals surface area contributed by atoms with Crippen molar-refractivity contribution < 1.29 is 23.8 Å². The molecule has 0 saturated heterocycles. The molecule has 0 unspecified atom stereocenters. The first-order valence-electron chi connectivity index (χ1n) is 9.26. The summed E-state index contributed by atoms with van der Waals surface area (Å²) in [7, 11) is 3.20. The van der Waals surface area contributed by atoms with Crippen molar-refractivity contribution in [1.82, 2.24) is 0 Å². The van der Waals surface area contributed by atoms with Crippen molar-refractivity contribution in [2.45, 2.75) is 19.3 Å². The van der Waals surface area contributed by atoms with Crippen LogP contribution in [0.3, 0.4) is 0 Å². The normalized spacial score (nSPS) is 19.0. The Kier molecular flexibility index (Phi) is 6.14. The van der Waals surface area contributed by atoms with Crippen LogP contribution in [0, 0.1) is 5.92 Å². The predicted molar refractivity (Wildman–Crippen MR) is 106 cm³/mol. The molecule has 0 aliphatic heterocycles. The van der Waals surface area contributed by atoms with Crippen molar-refractivity contribution in [1.29, 1.82) is 0 Å². The summed E-state index contributed by atoms with van der Waals surface area (Å²) in [5.74, 6) is -0.507. The summed E-state index contributed by atoms with van der Waals surface area (Å²) in [6.45, 7) is 1.98. The Bertz CT molecular complexity index is 899. The van der Waals surface area contributed by atoms with E-state index in [2.05, 4.69) is 0 Å². The van der Waals surface area contributed by atoms with Gasteiger partial charge in [0.2, 0.25) is 0 Å². The minimum absolute atomic E-state index is 0.236. The number of benzene rings is 2. The maximum absolute atomic E-state index is 12.9. The highest BCUT2D eigenvalue weighted by atomic mass is 16.5. The second-order valence-corrected chi connectivity index (χ2v) is 6.62. The van der Waals surface area contributed by atoms with Gasteiger partial charge in [0.15, 0.2) is 5.78 Å². The first-order chi connectivity index (χ1) is 13.6. The van der Waals surface area contributed by atoms with Crippen LogP contribution in [0.2, 0.25) is 0 Å². The number of methoxy groups -OCH3 is 2. The molecule has 3 rings (SSSR count). The maximum Gasteiger partial charge on any atom is 0.317 e. The molecule has 1 aliphatic rings. The Morgan fingerprint density at radius 3 is 2.39 bits per heavy atom. The van der Waals surface area contributed by atoms with Gasteiger partial charge in [-0.15, -0.1) is 0 Å². The highest BCUT2D eigenvalue weighted by Gasteiger charge is 2.39. The fourth-order valence-electron chi connectivity index (χ4n) is 3.59. The molecule has 146 valence electrons. The number of rotatable bonds is 6. The van der Waals surface area contributed by atoms with Crippen molar-refractivity contribution >= 4 is 17.3 Å². The maximum atomic E-state index is 12.9. The Hall–Kier alpha value is -3.08. The van der Waals surface area contributed by atoms with Gasteiger partial charge in [0.05, 0.1) is 20.8 Å². The van der Waals surface area contributed by atoms with Crippen LogP contribution in [0.25, 0.3) is 5.57 Å². The first-order valence-corrected chi connectivity index (χ1v) is 9.26. The fraction of sp³-hybridized carbons (Fsp3) is 0.304. The van der Waals surface area contributed by atoms with E-state index in [9.17, 15) is 9.59 Å². The number of carbonyl (C=O) groups is 2. The molecule has 0 radical (unpaired) electrons. The third-order valence-corrected chi connectivity index (χ3v) is 4.97. The number of hydrogen-bond donors (Lipinski definition) is 0. The summed E-state index contributed by atoms with van der Waals surface area (Å²) >= 11 is 0. The van der Waals surface area contributed by atoms with Crippen LogP contribution < -0.4 is 9.47 Å². The lowest BCUT2D eigenvalue weighted by molar-refractivity contribution is -0.151. The van der Waals surface area contributed by atoms with Gasteiger partial charge in [-0.1, -0.05) is 24.3 Å². The van der Waals surface area contributed by atoms with Crippen molar-refractivity contribution in [3.63, 3.8) is 0 Å². The standard InChI is InChI=1S/C23H24O5/c1-4-28-23(25)22-20(16-8-6-10-19(12-16)27-3)13-17(14-21(22)24)15-7-5-9-18(11-15)26-2/h5-12,14,20,22H,4,13H2,1-3H3/t20-,22+/m0/s1. The van der Waals surface area contributed by atoms with E-state index in [4.69, 9.17) is 14.2 Å². The van der Waals surface area contributed by atoms with E-state index < -0.39 is 11.9 Å². The van der Waals surface area contributed by atoms with Crippen LogP contribution >= 0.6 is 0 Å². The third-order valence-electron chi connectivity index (χ3n) is 4.97. The van der Waals surface area contributed by atoms with Crippen molar-refractivity contribution in [2.75, 3.05) is 20.8 Å². The molecule has 28 heavy (non-hydrogen) atoms. The molecule has 0 aromatic heterocycles. The van der Waals surface area contributed by atoms with E-state index >= 15 is 0 Å². The quantitative estimate of drug-likeness (QED) is 0.559. The van der Waals surface area contributed by atoms with Crippen LogP contribution in [0.4, 0.5) is 0 Å². The zero-order valence-electron chi connectivity index (χ0n) is 16.3. The van der Waals surface area contributed by atoms with Gasteiger partial charge in [-0.3, -0.25) is 9.59 Å². The molecule has 0 heterocycles. The zero-order chi connectivity index (χ0) is 20.1. The van der Waals surface area contributed by atoms with Crippen molar-refractivity contribution in [3.8, 4) is 11.5 Å². The lowest BCUT2D eigenvalue weighted by Gasteiger charge is -2.29. The molecule has 0 fully saturated rings. The van der Waals surface area contributed by atoms with Gasteiger partial charge in [-0.25, -0.2) is 0 Å². The molecule has 1 aliphatic carbocycles. The minimum Gasteiger partial charge on any atom is -0.497 e. The number of allylic oxidation sites excluding steroid dienone is 2. The van der Waals surface area contributed by atoms with Gasteiger partial charge in [-0.05, 0) is 60.4 Å². The lowest BCUT2D eigenvalue weighted by Crippen LogP contribution is -2.34. The van der Waals surface area contributed by atoms with Gasteiger partial charge >= 0.3 is 5.97 Å². The van der Waals surface area contributed by atoms with Crippen LogP contribution in [-0.2, 0) is 14.3 Å². The summed E-state index contributed by atoms with van der Waals surface area (Å²) < 4.78 is 15.8. The van der Waals surface area contributed by atoms with Crippen LogP contribution in [0.15, 0.2) is 54.6 Å². The molecule has 5 nitrogen and oxygen atoms in total. The van der Waals surface area contributed by atoms with Gasteiger partial charge < -0.3 is 14.2 Å². The van der Waals surface area contributed by atoms with E-state index in [1.165, 1.54) is 0 Å². The summed E-state index contributed by atoms with van der Waals surface area (Å²) in [4.78, 5) is 25.5. The monoisotopic (exact) mass is 380 g/mol. The molecule has 2 atom stereocenters. The third kappa shape index (κ3) is 4.09. The van der Waals surface area contributed by atoms with Gasteiger partial charge in [0.25, 0.3) is 0 Å². The Morgan fingerprint density at radius 1 is 1.04 bits per heavy atom. The Balaban J connectivity index is 2.04. The molecule has 0 N–H and O–H groups in total. The molecule has 0 saturated carbocycles. The predicted octanol–water partition coefficient (Wildman–Crippen LogP) is 4.02. The summed E-state index contributed by atoms with van der Waals surface area (Å²) in [5, 5.41) is 0. The van der Waals surface area contributed by atoms with Crippen molar-refractivity contribution in [2.24, 2.45) is 5.92 Å². The smallest absolute Gasteiger partial charge is 0.317 e. The second-order valence-electron chi connectivity index (χ2n) is 6.62. The van der Waals surface area contributed by atoms with Crippen LogP contribution in [0.5, 0.6) is 11.5 Å². The molecule has 0 amide bonds. The zero-order valence-corrected chi connectivity index (χ0v) is 16.3. The number of esters is 1. The van der Waals surface area contributed by atoms with E-state index in [-0.39, 0.29) is 18.3 Å². The molecule has 2 aromatic carbocycles. The van der Waals surface area contributed by atoms with E-state index in [0.717, 1.165) is 22.4 Å². The van der Waals surface area contributed by atoms with Gasteiger partial charge in [-0.2, -0.15) is 0 Å². The SMILES string of the molecule is CCOC(=O)[C@H]1C(=O)C=C(c2cccc(OC)c2)C[C@H]1c1cccc(OC)c1. The number of ether oxygens (including phenoxy) is 3. The van der Waals surface area contributed by atoms with Gasteiger partial charge in [0, 0.05) is 5.92 Å². The molecule has 5 heteroatoms. The number of ketones is 1. The first kappa shape index (κ1) is 19.7. The lowest BCUT2D eigenvalue weighted by atomic mass is 9.73. The summed E-state index contributed by atoms with van der Waals surface area (Å²) in [6.07, 6.45) is 2.10. The number of hydrogen-bond acceptors (Lipinski definition) is 5. The van der Waals surface area contributed by atoms with E-state index in [1.807, 2.05) is 48.5 Å². The van der Waals surface area contributed by atoms with E-state index in [0.29, 0.717) is 12.2 Å². The van der Waals surface area contributed by atoms with Crippen molar-refractivity contribution in [3.05, 3.63) is 65.7 Å². The average molecular weight is 380 g/mol. The molecular formula is C23H24O5. The van der Waals surface area contributed by atoms with E-state index in [1.54, 1.807) is 27.2 Å². The molecule has 0 spiro atoms. The molecule has 0 bridgehead atoms. The number of carbonyl (C=O) groups excluding carboxylic acids is 2. The highest BCUT2D eigenvalue weighted by Crippen LogP contribution is 2.41. The summed E-state index contributed by atoms with van der Waals surface area (Å²) in [5.41, 5.74) is 2.65. The topological polar surface area (TPSA) is 61.8 Å². The summed E-state index contributed by atoms with van der Waals surface area (Å²) in [6, 6.07) is 15.1. The molecular weight excluding hydrogens is 356 g/mol. The largest absolute Gasteiger partial charge is 0.497 e. The second kappa shape index (κ2) is 8.74. The minimum atomic E-state index is -0.860. The molecule has 2 aromatic rings. The van der Waals surface area contributed by atoms with Crippen LogP contribution in [-0.4, -0.2) is 32.6 Å². The fourth-order valence-corrected chi connectivity index (χ4v) is 3.59. The average Bonchev–Trinajstić information content (AvgIpc) is 2.73.